The third-order valence-corrected chi connectivity index (χ3v) is 7.95. The summed E-state index contributed by atoms with van der Waals surface area (Å²) < 4.78 is 18.5. The number of fused-ring (bicyclic) bond motifs is 1. The van der Waals surface area contributed by atoms with Gasteiger partial charge in [-0.15, -0.1) is 0 Å². The molecule has 0 bridgehead atoms. The first kappa shape index (κ1) is 24.6. The molecule has 0 heterocycles. The highest BCUT2D eigenvalue weighted by Gasteiger charge is 2.53. The minimum absolute atomic E-state index is 0.0259. The van der Waals surface area contributed by atoms with Gasteiger partial charge in [0, 0.05) is 31.2 Å². The molecule has 32 heavy (non-hydrogen) atoms. The zero-order chi connectivity index (χ0) is 23.5. The van der Waals surface area contributed by atoms with Crippen LogP contribution in [-0.2, 0) is 9.53 Å². The summed E-state index contributed by atoms with van der Waals surface area (Å²) >= 11 is 0. The van der Waals surface area contributed by atoms with E-state index < -0.39 is 11.9 Å². The predicted molar refractivity (Wildman–Crippen MR) is 120 cm³/mol. The predicted octanol–water partition coefficient (Wildman–Crippen LogP) is 3.15. The SMILES string of the molecule is COCCNC(=O)[C@@H](C)[C@H]1CC[C@@]2(C)CC[C@H](NC(=O)c3cccc(F)c3)[C@@H](C)[C@@H]2[C@H]1O. The monoisotopic (exact) mass is 448 g/mol. The van der Waals surface area contributed by atoms with Crippen molar-refractivity contribution in [1.29, 1.82) is 0 Å². The summed E-state index contributed by atoms with van der Waals surface area (Å²) in [6.07, 6.45) is 2.85. The lowest BCUT2D eigenvalue weighted by molar-refractivity contribution is -0.142. The Hall–Kier alpha value is -1.99. The average Bonchev–Trinajstić information content (AvgIpc) is 2.75. The maximum absolute atomic E-state index is 13.5. The third kappa shape index (κ3) is 5.15. The van der Waals surface area contributed by atoms with E-state index in [2.05, 4.69) is 24.5 Å². The van der Waals surface area contributed by atoms with Crippen LogP contribution in [0, 0.1) is 34.9 Å². The fourth-order valence-electron chi connectivity index (χ4n) is 6.01. The molecule has 0 saturated heterocycles. The lowest BCUT2D eigenvalue weighted by Crippen LogP contribution is -2.58. The molecule has 7 heteroatoms. The smallest absolute Gasteiger partial charge is 0.251 e. The molecule has 2 fully saturated rings. The number of halogens is 1. The summed E-state index contributed by atoms with van der Waals surface area (Å²) in [6, 6.07) is 5.58. The number of amides is 2. The summed E-state index contributed by atoms with van der Waals surface area (Å²) in [5.41, 5.74) is 0.274. The zero-order valence-corrected chi connectivity index (χ0v) is 19.6. The fourth-order valence-corrected chi connectivity index (χ4v) is 6.01. The molecule has 0 unspecified atom stereocenters. The van der Waals surface area contributed by atoms with E-state index in [1.165, 1.54) is 18.2 Å². The number of hydrogen-bond acceptors (Lipinski definition) is 4. The van der Waals surface area contributed by atoms with Gasteiger partial charge < -0.3 is 20.5 Å². The summed E-state index contributed by atoms with van der Waals surface area (Å²) in [6.45, 7) is 7.09. The summed E-state index contributed by atoms with van der Waals surface area (Å²) in [5, 5.41) is 17.4. The normalized spacial score (nSPS) is 33.1. The van der Waals surface area contributed by atoms with Gasteiger partial charge in [0.05, 0.1) is 12.7 Å². The maximum atomic E-state index is 13.5. The lowest BCUT2D eigenvalue weighted by Gasteiger charge is -2.56. The lowest BCUT2D eigenvalue weighted by atomic mass is 9.51. The Labute approximate surface area is 190 Å². The molecule has 3 rings (SSSR count). The Kier molecular flexibility index (Phi) is 7.93. The highest BCUT2D eigenvalue weighted by molar-refractivity contribution is 5.94. The number of carbonyl (C=O) groups is 2. The Morgan fingerprint density at radius 3 is 2.72 bits per heavy atom. The number of aliphatic hydroxyl groups is 1. The van der Waals surface area contributed by atoms with Crippen molar-refractivity contribution in [3.8, 4) is 0 Å². The highest BCUT2D eigenvalue weighted by Crippen LogP contribution is 2.55. The van der Waals surface area contributed by atoms with Crippen molar-refractivity contribution in [2.75, 3.05) is 20.3 Å². The largest absolute Gasteiger partial charge is 0.392 e. The van der Waals surface area contributed by atoms with Crippen molar-refractivity contribution >= 4 is 11.8 Å². The summed E-state index contributed by atoms with van der Waals surface area (Å²) in [4.78, 5) is 25.3. The molecule has 0 radical (unpaired) electrons. The van der Waals surface area contributed by atoms with Crippen LogP contribution < -0.4 is 10.6 Å². The molecule has 3 N–H and O–H groups in total. The Morgan fingerprint density at radius 2 is 2.03 bits per heavy atom. The first-order valence-electron chi connectivity index (χ1n) is 11.7. The Morgan fingerprint density at radius 1 is 1.31 bits per heavy atom. The van der Waals surface area contributed by atoms with Crippen LogP contribution in [0.4, 0.5) is 4.39 Å². The molecule has 0 aromatic heterocycles. The minimum atomic E-state index is -0.624. The molecule has 7 atom stereocenters. The van der Waals surface area contributed by atoms with E-state index in [9.17, 15) is 19.1 Å². The van der Waals surface area contributed by atoms with E-state index in [1.54, 1.807) is 13.2 Å². The Bertz CT molecular complexity index is 819. The molecule has 1 aromatic carbocycles. The highest BCUT2D eigenvalue weighted by atomic mass is 19.1. The average molecular weight is 449 g/mol. The van der Waals surface area contributed by atoms with Crippen LogP contribution in [0.3, 0.4) is 0 Å². The van der Waals surface area contributed by atoms with E-state index in [1.807, 2.05) is 6.92 Å². The van der Waals surface area contributed by atoms with Crippen LogP contribution in [0.25, 0.3) is 0 Å². The van der Waals surface area contributed by atoms with Crippen molar-refractivity contribution in [3.05, 3.63) is 35.6 Å². The van der Waals surface area contributed by atoms with Crippen molar-refractivity contribution in [2.24, 2.45) is 29.1 Å². The van der Waals surface area contributed by atoms with Gasteiger partial charge in [-0.1, -0.05) is 26.8 Å². The van der Waals surface area contributed by atoms with Crippen LogP contribution in [0.5, 0.6) is 0 Å². The molecule has 0 aliphatic heterocycles. The molecule has 2 saturated carbocycles. The Balaban J connectivity index is 1.70. The first-order valence-corrected chi connectivity index (χ1v) is 11.7. The second-order valence-electron chi connectivity index (χ2n) is 9.93. The third-order valence-electron chi connectivity index (χ3n) is 7.95. The van der Waals surface area contributed by atoms with Gasteiger partial charge in [0.15, 0.2) is 0 Å². The van der Waals surface area contributed by atoms with Gasteiger partial charge in [0.2, 0.25) is 5.91 Å². The van der Waals surface area contributed by atoms with Crippen LogP contribution in [0.2, 0.25) is 0 Å². The molecule has 2 aliphatic carbocycles. The maximum Gasteiger partial charge on any atom is 0.251 e. The number of rotatable bonds is 7. The van der Waals surface area contributed by atoms with Crippen LogP contribution >= 0.6 is 0 Å². The number of carbonyl (C=O) groups excluding carboxylic acids is 2. The molecule has 178 valence electrons. The molecule has 2 amide bonds. The van der Waals surface area contributed by atoms with Crippen LogP contribution in [0.1, 0.15) is 56.8 Å². The topological polar surface area (TPSA) is 87.7 Å². The van der Waals surface area contributed by atoms with E-state index in [0.717, 1.165) is 25.7 Å². The molecule has 1 aromatic rings. The van der Waals surface area contributed by atoms with E-state index in [4.69, 9.17) is 4.74 Å². The number of ether oxygens (including phenoxy) is 1. The van der Waals surface area contributed by atoms with Gasteiger partial charge in [-0.25, -0.2) is 4.39 Å². The quantitative estimate of drug-likeness (QED) is 0.559. The van der Waals surface area contributed by atoms with Gasteiger partial charge in [-0.2, -0.15) is 0 Å². The second kappa shape index (κ2) is 10.3. The minimum Gasteiger partial charge on any atom is -0.392 e. The van der Waals surface area contributed by atoms with Crippen molar-refractivity contribution in [2.45, 2.75) is 58.6 Å². The molecule has 0 spiro atoms. The van der Waals surface area contributed by atoms with Crippen LogP contribution in [-0.4, -0.2) is 49.3 Å². The standard InChI is InChI=1S/C25H37FN2O4/c1-15(23(30)27-12-13-32-4)19-8-10-25(3)11-9-20(16(2)21(25)22(19)29)28-24(31)17-6-5-7-18(26)14-17/h5-7,14-16,19-22,29H,8-13H2,1-4H3,(H,27,30)(H,28,31)/t15-,16+,19+,20-,21+,22-,25-/m0/s1. The fraction of sp³-hybridized carbons (Fsp3) is 0.680. The molecule has 6 nitrogen and oxygen atoms in total. The van der Waals surface area contributed by atoms with Crippen LogP contribution in [0.15, 0.2) is 24.3 Å². The van der Waals surface area contributed by atoms with Crippen molar-refractivity contribution in [3.63, 3.8) is 0 Å². The zero-order valence-electron chi connectivity index (χ0n) is 19.6. The number of benzene rings is 1. The number of hydrogen-bond donors (Lipinski definition) is 3. The van der Waals surface area contributed by atoms with Gasteiger partial charge in [-0.05, 0) is 67.1 Å². The van der Waals surface area contributed by atoms with Crippen molar-refractivity contribution in [1.82, 2.24) is 10.6 Å². The summed E-state index contributed by atoms with van der Waals surface area (Å²) in [5.74, 6) is -1.22. The first-order chi connectivity index (χ1) is 15.2. The van der Waals surface area contributed by atoms with E-state index in [-0.39, 0.29) is 46.9 Å². The second-order valence-corrected chi connectivity index (χ2v) is 9.93. The molecular formula is C25H37FN2O4. The van der Waals surface area contributed by atoms with Gasteiger partial charge in [0.25, 0.3) is 5.91 Å². The number of nitrogens with one attached hydrogen (secondary N) is 2. The molecular weight excluding hydrogens is 411 g/mol. The van der Waals surface area contributed by atoms with Gasteiger partial charge in [-0.3, -0.25) is 9.59 Å². The number of aliphatic hydroxyl groups excluding tert-OH is 1. The molecule has 2 aliphatic rings. The van der Waals surface area contributed by atoms with Crippen molar-refractivity contribution < 1.29 is 23.8 Å². The van der Waals surface area contributed by atoms with Gasteiger partial charge >= 0.3 is 0 Å². The number of methoxy groups -OCH3 is 1. The van der Waals surface area contributed by atoms with E-state index >= 15 is 0 Å². The van der Waals surface area contributed by atoms with E-state index in [0.29, 0.717) is 18.7 Å². The van der Waals surface area contributed by atoms with Gasteiger partial charge in [0.1, 0.15) is 5.82 Å². The summed E-state index contributed by atoms with van der Waals surface area (Å²) in [7, 11) is 1.59.